The predicted molar refractivity (Wildman–Crippen MR) is 78.1 cm³/mol. The van der Waals surface area contributed by atoms with Crippen molar-refractivity contribution in [1.29, 1.82) is 0 Å². The number of hydrogen-bond donors (Lipinski definition) is 3. The van der Waals surface area contributed by atoms with Gasteiger partial charge in [-0.2, -0.15) is 0 Å². The van der Waals surface area contributed by atoms with Gasteiger partial charge in [-0.15, -0.1) is 11.3 Å². The van der Waals surface area contributed by atoms with Crippen LogP contribution in [0.1, 0.15) is 14.5 Å². The number of benzene rings is 1. The minimum absolute atomic E-state index is 0.0129. The van der Waals surface area contributed by atoms with Gasteiger partial charge in [-0.05, 0) is 31.2 Å². The van der Waals surface area contributed by atoms with Crippen LogP contribution in [0.25, 0.3) is 0 Å². The summed E-state index contributed by atoms with van der Waals surface area (Å²) in [4.78, 5) is 25.0. The molecule has 1 aromatic carbocycles. The summed E-state index contributed by atoms with van der Waals surface area (Å²) in [7, 11) is 0. The summed E-state index contributed by atoms with van der Waals surface area (Å²) in [5, 5.41) is 14.6. The highest BCUT2D eigenvalue weighted by Crippen LogP contribution is 2.21. The molecular weight excluding hydrogens is 276 g/mol. The van der Waals surface area contributed by atoms with Crippen LogP contribution in [0.15, 0.2) is 36.4 Å². The predicted octanol–water partition coefficient (Wildman–Crippen LogP) is 2.13. The van der Waals surface area contributed by atoms with Crippen LogP contribution in [0.3, 0.4) is 0 Å². The van der Waals surface area contributed by atoms with E-state index in [9.17, 15) is 14.7 Å². The smallest absolute Gasteiger partial charge is 0.261 e. The number of amides is 2. The van der Waals surface area contributed by atoms with E-state index in [2.05, 4.69) is 10.6 Å². The van der Waals surface area contributed by atoms with E-state index in [0.717, 1.165) is 4.88 Å². The second kappa shape index (κ2) is 6.21. The van der Waals surface area contributed by atoms with Crippen LogP contribution in [0.2, 0.25) is 0 Å². The number of aryl methyl sites for hydroxylation is 1. The molecule has 6 heteroatoms. The zero-order chi connectivity index (χ0) is 14.5. The maximum atomic E-state index is 11.8. The van der Waals surface area contributed by atoms with Gasteiger partial charge in [0.1, 0.15) is 5.75 Å². The Morgan fingerprint density at radius 2 is 1.95 bits per heavy atom. The number of para-hydroxylation sites is 2. The first-order chi connectivity index (χ1) is 9.56. The third-order valence-corrected chi connectivity index (χ3v) is 3.55. The summed E-state index contributed by atoms with van der Waals surface area (Å²) in [6.07, 6.45) is 0. The maximum absolute atomic E-state index is 11.8. The Hall–Kier alpha value is -2.34. The zero-order valence-electron chi connectivity index (χ0n) is 10.8. The first-order valence-corrected chi connectivity index (χ1v) is 6.80. The first-order valence-electron chi connectivity index (χ1n) is 5.99. The van der Waals surface area contributed by atoms with Crippen molar-refractivity contribution in [3.63, 3.8) is 0 Å². The molecule has 2 aromatic rings. The van der Waals surface area contributed by atoms with Crippen molar-refractivity contribution >= 4 is 28.8 Å². The standard InChI is InChI=1S/C14H14N2O3S/c1-9-6-7-12(20-9)14(19)15-8-13(18)16-10-4-2-3-5-11(10)17/h2-7,17H,8H2,1H3,(H,15,19)(H,16,18). The van der Waals surface area contributed by atoms with Crippen molar-refractivity contribution in [3.05, 3.63) is 46.2 Å². The molecule has 0 radical (unpaired) electrons. The fourth-order valence-electron chi connectivity index (χ4n) is 1.58. The molecule has 3 N–H and O–H groups in total. The van der Waals surface area contributed by atoms with Crippen LogP contribution in [-0.4, -0.2) is 23.5 Å². The minimum Gasteiger partial charge on any atom is -0.506 e. The quantitative estimate of drug-likeness (QED) is 0.755. The van der Waals surface area contributed by atoms with Crippen LogP contribution in [-0.2, 0) is 4.79 Å². The largest absolute Gasteiger partial charge is 0.506 e. The second-order valence-corrected chi connectivity index (χ2v) is 5.45. The van der Waals surface area contributed by atoms with Gasteiger partial charge in [-0.1, -0.05) is 12.1 Å². The highest BCUT2D eigenvalue weighted by atomic mass is 32.1. The van der Waals surface area contributed by atoms with Gasteiger partial charge in [0.15, 0.2) is 0 Å². The summed E-state index contributed by atoms with van der Waals surface area (Å²) in [5.74, 6) is -0.690. The molecule has 0 aliphatic heterocycles. The van der Waals surface area contributed by atoms with Crippen LogP contribution in [0, 0.1) is 6.92 Å². The average Bonchev–Trinajstić information content (AvgIpc) is 2.85. The van der Waals surface area contributed by atoms with Crippen LogP contribution in [0.4, 0.5) is 5.69 Å². The van der Waals surface area contributed by atoms with Crippen molar-refractivity contribution in [2.24, 2.45) is 0 Å². The molecule has 2 amide bonds. The molecule has 0 aliphatic carbocycles. The fourth-order valence-corrected chi connectivity index (χ4v) is 2.36. The van der Waals surface area contributed by atoms with Crippen LogP contribution >= 0.6 is 11.3 Å². The van der Waals surface area contributed by atoms with Crippen molar-refractivity contribution < 1.29 is 14.7 Å². The topological polar surface area (TPSA) is 78.4 Å². The number of rotatable bonds is 4. The number of carbonyl (C=O) groups excluding carboxylic acids is 2. The third kappa shape index (κ3) is 3.58. The lowest BCUT2D eigenvalue weighted by molar-refractivity contribution is -0.115. The number of anilines is 1. The lowest BCUT2D eigenvalue weighted by Crippen LogP contribution is -2.32. The normalized spacial score (nSPS) is 10.1. The Labute approximate surface area is 120 Å². The van der Waals surface area contributed by atoms with E-state index in [1.54, 1.807) is 24.3 Å². The van der Waals surface area contributed by atoms with E-state index >= 15 is 0 Å². The molecule has 0 atom stereocenters. The Bertz CT molecular complexity index is 637. The summed E-state index contributed by atoms with van der Waals surface area (Å²) in [6, 6.07) is 9.98. The Morgan fingerprint density at radius 1 is 1.20 bits per heavy atom. The lowest BCUT2D eigenvalue weighted by Gasteiger charge is -2.07. The van der Waals surface area contributed by atoms with Crippen molar-refractivity contribution in [2.75, 3.05) is 11.9 Å². The Balaban J connectivity index is 1.87. The zero-order valence-corrected chi connectivity index (χ0v) is 11.7. The SMILES string of the molecule is Cc1ccc(C(=O)NCC(=O)Nc2ccccc2O)s1. The summed E-state index contributed by atoms with van der Waals surface area (Å²) >= 11 is 1.37. The van der Waals surface area contributed by atoms with Crippen LogP contribution < -0.4 is 10.6 Å². The molecule has 104 valence electrons. The lowest BCUT2D eigenvalue weighted by atomic mass is 10.3. The van der Waals surface area contributed by atoms with Crippen molar-refractivity contribution in [2.45, 2.75) is 6.92 Å². The molecule has 2 rings (SSSR count). The molecule has 20 heavy (non-hydrogen) atoms. The minimum atomic E-state index is -0.395. The molecular formula is C14H14N2O3S. The number of aromatic hydroxyl groups is 1. The third-order valence-electron chi connectivity index (χ3n) is 2.55. The highest BCUT2D eigenvalue weighted by Gasteiger charge is 2.10. The van der Waals surface area contributed by atoms with Crippen LogP contribution in [0.5, 0.6) is 5.75 Å². The van der Waals surface area contributed by atoms with Gasteiger partial charge >= 0.3 is 0 Å². The van der Waals surface area contributed by atoms with E-state index in [1.807, 2.05) is 13.0 Å². The van der Waals surface area contributed by atoms with Gasteiger partial charge in [0.05, 0.1) is 17.1 Å². The summed E-state index contributed by atoms with van der Waals surface area (Å²) in [6.45, 7) is 1.76. The van der Waals surface area contributed by atoms with E-state index in [1.165, 1.54) is 17.4 Å². The molecule has 0 spiro atoms. The molecule has 1 aromatic heterocycles. The van der Waals surface area contributed by atoms with E-state index in [-0.39, 0.29) is 18.2 Å². The van der Waals surface area contributed by atoms with Crippen molar-refractivity contribution in [3.8, 4) is 5.75 Å². The Kier molecular flexibility index (Phi) is 4.37. The molecule has 5 nitrogen and oxygen atoms in total. The highest BCUT2D eigenvalue weighted by molar-refractivity contribution is 7.13. The summed E-state index contributed by atoms with van der Waals surface area (Å²) in [5.41, 5.74) is 0.318. The number of hydrogen-bond acceptors (Lipinski definition) is 4. The Morgan fingerprint density at radius 3 is 2.60 bits per heavy atom. The van der Waals surface area contributed by atoms with E-state index < -0.39 is 5.91 Å². The average molecular weight is 290 g/mol. The fraction of sp³-hybridized carbons (Fsp3) is 0.143. The van der Waals surface area contributed by atoms with E-state index in [4.69, 9.17) is 0 Å². The van der Waals surface area contributed by atoms with Gasteiger partial charge in [0, 0.05) is 4.88 Å². The number of phenolic OH excluding ortho intramolecular Hbond substituents is 1. The monoisotopic (exact) mass is 290 g/mol. The van der Waals surface area contributed by atoms with Gasteiger partial charge in [-0.25, -0.2) is 0 Å². The molecule has 0 bridgehead atoms. The number of nitrogens with one attached hydrogen (secondary N) is 2. The number of carbonyl (C=O) groups is 2. The first kappa shape index (κ1) is 14.1. The van der Waals surface area contributed by atoms with Crippen molar-refractivity contribution in [1.82, 2.24) is 5.32 Å². The maximum Gasteiger partial charge on any atom is 0.261 e. The molecule has 1 heterocycles. The van der Waals surface area contributed by atoms with Gasteiger partial charge < -0.3 is 15.7 Å². The summed E-state index contributed by atoms with van der Waals surface area (Å²) < 4.78 is 0. The van der Waals surface area contributed by atoms with E-state index in [0.29, 0.717) is 10.6 Å². The van der Waals surface area contributed by atoms with Gasteiger partial charge in [-0.3, -0.25) is 9.59 Å². The molecule has 0 aliphatic rings. The number of phenols is 1. The molecule has 0 saturated heterocycles. The number of thiophene rings is 1. The molecule has 0 saturated carbocycles. The molecule has 0 fully saturated rings. The van der Waals surface area contributed by atoms with Gasteiger partial charge in [0.25, 0.3) is 5.91 Å². The second-order valence-electron chi connectivity index (χ2n) is 4.16. The molecule has 0 unspecified atom stereocenters. The van der Waals surface area contributed by atoms with Gasteiger partial charge in [0.2, 0.25) is 5.91 Å².